The first kappa shape index (κ1) is 11.4. The van der Waals surface area contributed by atoms with E-state index in [0.29, 0.717) is 6.54 Å². The third-order valence-corrected chi connectivity index (χ3v) is 2.71. The van der Waals surface area contributed by atoms with E-state index in [2.05, 4.69) is 6.58 Å². The van der Waals surface area contributed by atoms with E-state index in [1.807, 2.05) is 37.3 Å². The largest absolute Gasteiger partial charge is 0.304 e. The minimum Gasteiger partial charge on any atom is -0.304 e. The van der Waals surface area contributed by atoms with Crippen LogP contribution in [0.5, 0.6) is 0 Å². The molecule has 1 heterocycles. The van der Waals surface area contributed by atoms with E-state index < -0.39 is 0 Å². The van der Waals surface area contributed by atoms with E-state index in [1.54, 1.807) is 22.8 Å². The highest BCUT2D eigenvalue weighted by molar-refractivity contribution is 5.59. The number of allylic oxidation sites excluding steroid dienone is 1. The SMILES string of the molecule is C=CCn1c(-c2ccc(C)cc2)cccc1=O. The zero-order valence-corrected chi connectivity index (χ0v) is 9.89. The van der Waals surface area contributed by atoms with Crippen molar-refractivity contribution in [2.75, 3.05) is 0 Å². The van der Waals surface area contributed by atoms with Gasteiger partial charge in [-0.15, -0.1) is 6.58 Å². The van der Waals surface area contributed by atoms with Gasteiger partial charge in [0.05, 0.1) is 5.69 Å². The average molecular weight is 225 g/mol. The fourth-order valence-electron chi connectivity index (χ4n) is 1.81. The summed E-state index contributed by atoms with van der Waals surface area (Å²) in [6.45, 7) is 6.26. The van der Waals surface area contributed by atoms with Gasteiger partial charge in [-0.05, 0) is 18.6 Å². The van der Waals surface area contributed by atoms with Gasteiger partial charge in [0, 0.05) is 12.6 Å². The lowest BCUT2D eigenvalue weighted by Gasteiger charge is -2.10. The highest BCUT2D eigenvalue weighted by Crippen LogP contribution is 2.18. The summed E-state index contributed by atoms with van der Waals surface area (Å²) in [5, 5.41) is 0. The second kappa shape index (κ2) is 4.83. The molecule has 2 rings (SSSR count). The van der Waals surface area contributed by atoms with Crippen molar-refractivity contribution in [1.29, 1.82) is 0 Å². The Morgan fingerprint density at radius 2 is 1.88 bits per heavy atom. The lowest BCUT2D eigenvalue weighted by molar-refractivity contribution is 0.790. The van der Waals surface area contributed by atoms with E-state index in [9.17, 15) is 4.79 Å². The Balaban J connectivity index is 2.58. The minimum atomic E-state index is 0.00275. The molecule has 0 bridgehead atoms. The van der Waals surface area contributed by atoms with Crippen molar-refractivity contribution in [1.82, 2.24) is 4.57 Å². The van der Waals surface area contributed by atoms with E-state index in [-0.39, 0.29) is 5.56 Å². The molecule has 0 atom stereocenters. The van der Waals surface area contributed by atoms with Gasteiger partial charge in [-0.2, -0.15) is 0 Å². The Kier molecular flexibility index (Phi) is 3.24. The standard InChI is InChI=1S/C15H15NO/c1-3-11-16-14(5-4-6-15(16)17)13-9-7-12(2)8-10-13/h3-10H,1,11H2,2H3. The maximum atomic E-state index is 11.8. The van der Waals surface area contributed by atoms with Crippen molar-refractivity contribution in [3.63, 3.8) is 0 Å². The first-order chi connectivity index (χ1) is 8.22. The Labute approximate surface area is 101 Å². The summed E-state index contributed by atoms with van der Waals surface area (Å²) in [6.07, 6.45) is 1.74. The second-order valence-corrected chi connectivity index (χ2v) is 4.01. The normalized spacial score (nSPS) is 10.2. The van der Waals surface area contributed by atoms with Gasteiger partial charge in [-0.1, -0.05) is 42.0 Å². The molecule has 1 aromatic heterocycles. The molecule has 0 radical (unpaired) electrons. The number of pyridine rings is 1. The van der Waals surface area contributed by atoms with Crippen molar-refractivity contribution in [2.24, 2.45) is 0 Å². The van der Waals surface area contributed by atoms with Crippen molar-refractivity contribution in [2.45, 2.75) is 13.5 Å². The molecule has 2 nitrogen and oxygen atoms in total. The number of aryl methyl sites for hydroxylation is 1. The Morgan fingerprint density at radius 1 is 1.18 bits per heavy atom. The zero-order chi connectivity index (χ0) is 12.3. The Bertz CT molecular complexity index is 579. The molecule has 0 aliphatic heterocycles. The van der Waals surface area contributed by atoms with Crippen LogP contribution in [0.15, 0.2) is 59.9 Å². The van der Waals surface area contributed by atoms with Gasteiger partial charge < -0.3 is 4.57 Å². The van der Waals surface area contributed by atoms with Crippen LogP contribution >= 0.6 is 0 Å². The summed E-state index contributed by atoms with van der Waals surface area (Å²) < 4.78 is 1.72. The molecular weight excluding hydrogens is 210 g/mol. The number of benzene rings is 1. The molecule has 0 amide bonds. The quantitative estimate of drug-likeness (QED) is 0.736. The lowest BCUT2D eigenvalue weighted by atomic mass is 10.1. The van der Waals surface area contributed by atoms with Crippen LogP contribution in [0, 0.1) is 6.92 Å². The fourth-order valence-corrected chi connectivity index (χ4v) is 1.81. The molecular formula is C15H15NO. The van der Waals surface area contributed by atoms with Crippen molar-refractivity contribution in [3.8, 4) is 11.3 Å². The lowest BCUT2D eigenvalue weighted by Crippen LogP contribution is -2.19. The molecule has 0 saturated carbocycles. The molecule has 0 aliphatic rings. The van der Waals surface area contributed by atoms with Crippen LogP contribution in [-0.4, -0.2) is 4.57 Å². The molecule has 17 heavy (non-hydrogen) atoms. The molecule has 0 fully saturated rings. The molecule has 1 aromatic carbocycles. The zero-order valence-electron chi connectivity index (χ0n) is 9.89. The highest BCUT2D eigenvalue weighted by Gasteiger charge is 2.04. The van der Waals surface area contributed by atoms with Crippen LogP contribution in [0.2, 0.25) is 0 Å². The summed E-state index contributed by atoms with van der Waals surface area (Å²) in [4.78, 5) is 11.8. The minimum absolute atomic E-state index is 0.00275. The van der Waals surface area contributed by atoms with Crippen molar-refractivity contribution >= 4 is 0 Å². The number of hydrogen-bond donors (Lipinski definition) is 0. The fraction of sp³-hybridized carbons (Fsp3) is 0.133. The van der Waals surface area contributed by atoms with Crippen molar-refractivity contribution in [3.05, 3.63) is 71.0 Å². The van der Waals surface area contributed by atoms with Gasteiger partial charge in [0.1, 0.15) is 0 Å². The molecule has 0 unspecified atom stereocenters. The summed E-state index contributed by atoms with van der Waals surface area (Å²) >= 11 is 0. The van der Waals surface area contributed by atoms with Crippen LogP contribution in [0.3, 0.4) is 0 Å². The van der Waals surface area contributed by atoms with E-state index in [0.717, 1.165) is 11.3 Å². The molecule has 2 heteroatoms. The maximum absolute atomic E-state index is 11.8. The molecule has 2 aromatic rings. The van der Waals surface area contributed by atoms with Gasteiger partial charge in [-0.3, -0.25) is 4.79 Å². The van der Waals surface area contributed by atoms with E-state index in [4.69, 9.17) is 0 Å². The molecule has 0 spiro atoms. The van der Waals surface area contributed by atoms with Crippen LogP contribution < -0.4 is 5.56 Å². The third kappa shape index (κ3) is 2.36. The van der Waals surface area contributed by atoms with Gasteiger partial charge >= 0.3 is 0 Å². The molecule has 0 saturated heterocycles. The first-order valence-electron chi connectivity index (χ1n) is 5.60. The highest BCUT2D eigenvalue weighted by atomic mass is 16.1. The first-order valence-corrected chi connectivity index (χ1v) is 5.60. The number of nitrogens with zero attached hydrogens (tertiary/aromatic N) is 1. The number of aromatic nitrogens is 1. The summed E-state index contributed by atoms with van der Waals surface area (Å²) in [7, 11) is 0. The van der Waals surface area contributed by atoms with E-state index >= 15 is 0 Å². The molecule has 86 valence electrons. The van der Waals surface area contributed by atoms with Crippen LogP contribution in [0.1, 0.15) is 5.56 Å². The number of rotatable bonds is 3. The van der Waals surface area contributed by atoms with Gasteiger partial charge in [-0.25, -0.2) is 0 Å². The average Bonchev–Trinajstić information content (AvgIpc) is 2.33. The Hall–Kier alpha value is -2.09. The topological polar surface area (TPSA) is 22.0 Å². The smallest absolute Gasteiger partial charge is 0.251 e. The molecule has 0 aliphatic carbocycles. The van der Waals surface area contributed by atoms with Gasteiger partial charge in [0.2, 0.25) is 0 Å². The predicted octanol–water partition coefficient (Wildman–Crippen LogP) is 3.01. The van der Waals surface area contributed by atoms with E-state index in [1.165, 1.54) is 5.56 Å². The van der Waals surface area contributed by atoms with Crippen molar-refractivity contribution < 1.29 is 0 Å². The van der Waals surface area contributed by atoms with Gasteiger partial charge in [0.15, 0.2) is 0 Å². The summed E-state index contributed by atoms with van der Waals surface area (Å²) in [6, 6.07) is 13.5. The van der Waals surface area contributed by atoms with Gasteiger partial charge in [0.25, 0.3) is 5.56 Å². The molecule has 0 N–H and O–H groups in total. The van der Waals surface area contributed by atoms with Crippen LogP contribution in [0.25, 0.3) is 11.3 Å². The van der Waals surface area contributed by atoms with Crippen LogP contribution in [0.4, 0.5) is 0 Å². The number of hydrogen-bond acceptors (Lipinski definition) is 1. The monoisotopic (exact) mass is 225 g/mol. The van der Waals surface area contributed by atoms with Crippen LogP contribution in [-0.2, 0) is 6.54 Å². The predicted molar refractivity (Wildman–Crippen MR) is 71.1 cm³/mol. The Morgan fingerprint density at radius 3 is 2.53 bits per heavy atom. The summed E-state index contributed by atoms with van der Waals surface area (Å²) in [5.74, 6) is 0. The third-order valence-electron chi connectivity index (χ3n) is 2.71. The second-order valence-electron chi connectivity index (χ2n) is 4.01. The maximum Gasteiger partial charge on any atom is 0.251 e. The summed E-state index contributed by atoms with van der Waals surface area (Å²) in [5.41, 5.74) is 3.19.